The third-order valence-corrected chi connectivity index (χ3v) is 4.94. The smallest absolute Gasteiger partial charge is 0.0361 e. The minimum atomic E-state index is 1.21. The van der Waals surface area contributed by atoms with Gasteiger partial charge in [0, 0.05) is 39.6 Å². The first kappa shape index (κ1) is 17.5. The van der Waals surface area contributed by atoms with E-state index in [0.717, 1.165) is 0 Å². The first-order valence-corrected chi connectivity index (χ1v) is 8.99. The van der Waals surface area contributed by atoms with Crippen LogP contribution >= 0.6 is 9.24 Å². The van der Waals surface area contributed by atoms with Crippen LogP contribution in [0, 0.1) is 0 Å². The minimum Gasteiger partial charge on any atom is -0.378 e. The molecule has 0 aromatic heterocycles. The molecular formula is C22H25N2P. The third kappa shape index (κ3) is 3.70. The fourth-order valence-corrected chi connectivity index (χ4v) is 3.43. The summed E-state index contributed by atoms with van der Waals surface area (Å²) in [5.41, 5.74) is 7.43. The topological polar surface area (TPSA) is 6.48 Å². The summed E-state index contributed by atoms with van der Waals surface area (Å²) < 4.78 is 0. The number of hydrogen-bond donors (Lipinski definition) is 0. The van der Waals surface area contributed by atoms with Crippen LogP contribution in [0.25, 0.3) is 22.3 Å². The summed E-state index contributed by atoms with van der Waals surface area (Å²) in [4.78, 5) is 4.24. The lowest BCUT2D eigenvalue weighted by atomic mass is 9.94. The zero-order valence-electron chi connectivity index (χ0n) is 15.3. The molecule has 1 atom stereocenters. The number of nitrogens with zero attached hydrogens (tertiary/aromatic N) is 2. The molecule has 0 saturated carbocycles. The Labute approximate surface area is 153 Å². The van der Waals surface area contributed by atoms with Crippen LogP contribution in [-0.2, 0) is 0 Å². The molecule has 0 saturated heterocycles. The first-order valence-electron chi connectivity index (χ1n) is 8.41. The molecule has 0 spiro atoms. The summed E-state index contributed by atoms with van der Waals surface area (Å²) in [7, 11) is 11.1. The number of benzene rings is 3. The molecule has 0 radical (unpaired) electrons. The molecule has 3 heteroatoms. The second-order valence-corrected chi connectivity index (χ2v) is 7.27. The van der Waals surface area contributed by atoms with E-state index in [0.29, 0.717) is 0 Å². The van der Waals surface area contributed by atoms with Crippen molar-refractivity contribution in [2.24, 2.45) is 0 Å². The first-order chi connectivity index (χ1) is 12.0. The Morgan fingerprint density at radius 1 is 0.600 bits per heavy atom. The SMILES string of the molecule is CN(C)c1ccc(-c2cccc(P)c2-c2ccc(N(C)C)cc2)cc1. The van der Waals surface area contributed by atoms with Crippen LogP contribution in [0.5, 0.6) is 0 Å². The Kier molecular flexibility index (Phi) is 5.11. The highest BCUT2D eigenvalue weighted by Crippen LogP contribution is 2.33. The van der Waals surface area contributed by atoms with Crippen molar-refractivity contribution in [1.29, 1.82) is 0 Å². The molecular weight excluding hydrogens is 323 g/mol. The maximum absolute atomic E-state index is 2.88. The van der Waals surface area contributed by atoms with Crippen molar-refractivity contribution < 1.29 is 0 Å². The predicted molar refractivity (Wildman–Crippen MR) is 115 cm³/mol. The van der Waals surface area contributed by atoms with E-state index in [1.807, 2.05) is 0 Å². The predicted octanol–water partition coefficient (Wildman–Crippen LogP) is 4.65. The molecule has 0 amide bonds. The van der Waals surface area contributed by atoms with Crippen LogP contribution in [0.3, 0.4) is 0 Å². The fraction of sp³-hybridized carbons (Fsp3) is 0.182. The number of hydrogen-bond acceptors (Lipinski definition) is 2. The van der Waals surface area contributed by atoms with E-state index in [-0.39, 0.29) is 0 Å². The Morgan fingerprint density at radius 2 is 1.08 bits per heavy atom. The maximum atomic E-state index is 2.88. The van der Waals surface area contributed by atoms with Gasteiger partial charge in [-0.15, -0.1) is 9.24 Å². The monoisotopic (exact) mass is 348 g/mol. The van der Waals surface area contributed by atoms with Gasteiger partial charge >= 0.3 is 0 Å². The van der Waals surface area contributed by atoms with Crippen LogP contribution in [0.2, 0.25) is 0 Å². The zero-order chi connectivity index (χ0) is 18.0. The van der Waals surface area contributed by atoms with Gasteiger partial charge in [-0.25, -0.2) is 0 Å². The highest BCUT2D eigenvalue weighted by Gasteiger charge is 2.11. The quantitative estimate of drug-likeness (QED) is 0.633. The third-order valence-electron chi connectivity index (χ3n) is 4.46. The Bertz CT molecular complexity index is 850. The van der Waals surface area contributed by atoms with Crippen molar-refractivity contribution >= 4 is 25.9 Å². The highest BCUT2D eigenvalue weighted by atomic mass is 31.0. The zero-order valence-corrected chi connectivity index (χ0v) is 16.5. The summed E-state index contributed by atoms with van der Waals surface area (Å²) in [5.74, 6) is 0. The average molecular weight is 348 g/mol. The van der Waals surface area contributed by atoms with Crippen molar-refractivity contribution in [3.05, 3.63) is 66.7 Å². The lowest BCUT2D eigenvalue weighted by Crippen LogP contribution is -2.08. The van der Waals surface area contributed by atoms with Gasteiger partial charge in [0.1, 0.15) is 0 Å². The van der Waals surface area contributed by atoms with E-state index < -0.39 is 0 Å². The van der Waals surface area contributed by atoms with Gasteiger partial charge in [0.05, 0.1) is 0 Å². The lowest BCUT2D eigenvalue weighted by molar-refractivity contribution is 1.13. The van der Waals surface area contributed by atoms with Crippen molar-refractivity contribution in [2.45, 2.75) is 0 Å². The fourth-order valence-electron chi connectivity index (χ4n) is 3.00. The standard InChI is InChI=1S/C22H25N2P/c1-23(2)18-12-8-16(9-13-18)20-6-5-7-21(25)22(20)17-10-14-19(15-11-17)24(3)4/h5-15H,25H2,1-4H3. The lowest BCUT2D eigenvalue weighted by Gasteiger charge is -2.17. The Hall–Kier alpha value is -2.31. The van der Waals surface area contributed by atoms with Crippen LogP contribution in [0.1, 0.15) is 0 Å². The summed E-state index contributed by atoms with van der Waals surface area (Å²) in [6, 6.07) is 24.0. The Balaban J connectivity index is 2.08. The molecule has 0 aliphatic heterocycles. The van der Waals surface area contributed by atoms with E-state index in [1.165, 1.54) is 38.9 Å². The van der Waals surface area contributed by atoms with Crippen LogP contribution < -0.4 is 15.1 Å². The molecule has 3 rings (SSSR count). The van der Waals surface area contributed by atoms with Crippen LogP contribution in [0.4, 0.5) is 11.4 Å². The van der Waals surface area contributed by atoms with E-state index in [4.69, 9.17) is 0 Å². The second kappa shape index (κ2) is 7.29. The van der Waals surface area contributed by atoms with Gasteiger partial charge in [0.25, 0.3) is 0 Å². The molecule has 0 heterocycles. The number of anilines is 2. The average Bonchev–Trinajstić information content (AvgIpc) is 2.61. The van der Waals surface area contributed by atoms with Crippen LogP contribution in [-0.4, -0.2) is 28.2 Å². The molecule has 0 aliphatic carbocycles. The molecule has 3 aromatic rings. The molecule has 0 fully saturated rings. The maximum Gasteiger partial charge on any atom is 0.0361 e. The van der Waals surface area contributed by atoms with Gasteiger partial charge in [-0.2, -0.15) is 0 Å². The van der Waals surface area contributed by atoms with Gasteiger partial charge in [0.15, 0.2) is 0 Å². The molecule has 0 bridgehead atoms. The summed E-state index contributed by atoms with van der Waals surface area (Å²) >= 11 is 0. The van der Waals surface area contributed by atoms with Crippen molar-refractivity contribution in [3.63, 3.8) is 0 Å². The molecule has 3 aromatic carbocycles. The summed E-state index contributed by atoms with van der Waals surface area (Å²) in [5, 5.41) is 1.21. The van der Waals surface area contributed by atoms with E-state index in [2.05, 4.69) is 114 Å². The van der Waals surface area contributed by atoms with Gasteiger partial charge in [-0.1, -0.05) is 42.5 Å². The highest BCUT2D eigenvalue weighted by molar-refractivity contribution is 7.28. The van der Waals surface area contributed by atoms with Crippen molar-refractivity contribution in [2.75, 3.05) is 38.0 Å². The van der Waals surface area contributed by atoms with E-state index in [9.17, 15) is 0 Å². The molecule has 1 unspecified atom stereocenters. The van der Waals surface area contributed by atoms with E-state index >= 15 is 0 Å². The minimum absolute atomic E-state index is 1.21. The summed E-state index contributed by atoms with van der Waals surface area (Å²) in [6.45, 7) is 0. The van der Waals surface area contributed by atoms with Crippen LogP contribution in [0.15, 0.2) is 66.7 Å². The van der Waals surface area contributed by atoms with E-state index in [1.54, 1.807) is 0 Å². The molecule has 2 nitrogen and oxygen atoms in total. The van der Waals surface area contributed by atoms with Gasteiger partial charge in [0.2, 0.25) is 0 Å². The van der Waals surface area contributed by atoms with Gasteiger partial charge in [-0.3, -0.25) is 0 Å². The van der Waals surface area contributed by atoms with Crippen molar-refractivity contribution in [3.8, 4) is 22.3 Å². The molecule has 0 N–H and O–H groups in total. The molecule has 128 valence electrons. The molecule has 25 heavy (non-hydrogen) atoms. The van der Waals surface area contributed by atoms with Crippen molar-refractivity contribution in [1.82, 2.24) is 0 Å². The Morgan fingerprint density at radius 3 is 1.56 bits per heavy atom. The summed E-state index contributed by atoms with van der Waals surface area (Å²) in [6.07, 6.45) is 0. The largest absolute Gasteiger partial charge is 0.378 e. The normalized spacial score (nSPS) is 10.6. The van der Waals surface area contributed by atoms with Gasteiger partial charge < -0.3 is 9.80 Å². The molecule has 0 aliphatic rings. The second-order valence-electron chi connectivity index (χ2n) is 6.65. The number of rotatable bonds is 4. The van der Waals surface area contributed by atoms with Gasteiger partial charge in [-0.05, 0) is 51.8 Å².